The van der Waals surface area contributed by atoms with Crippen molar-refractivity contribution in [2.24, 2.45) is 0 Å². The van der Waals surface area contributed by atoms with Crippen molar-refractivity contribution in [3.05, 3.63) is 58.7 Å². The number of rotatable bonds is 0. The number of halogens is 2. The summed E-state index contributed by atoms with van der Waals surface area (Å²) in [5.41, 5.74) is 6.39. The van der Waals surface area contributed by atoms with Crippen LogP contribution in [0, 0.1) is 0 Å². The van der Waals surface area contributed by atoms with Crippen LogP contribution in [-0.2, 0) is 49.6 Å². The van der Waals surface area contributed by atoms with Crippen LogP contribution in [0.15, 0.2) is 36.4 Å². The van der Waals surface area contributed by atoms with E-state index in [9.17, 15) is 0 Å². The molecule has 24 heavy (non-hydrogen) atoms. The Kier molecular flexibility index (Phi) is 13.3. The molecule has 3 heteroatoms. The molecule has 0 aromatic heterocycles. The first kappa shape index (κ1) is 24.0. The molecule has 0 radical (unpaired) electrons. The van der Waals surface area contributed by atoms with Crippen LogP contribution < -0.4 is 0 Å². The van der Waals surface area contributed by atoms with Crippen LogP contribution in [0.2, 0.25) is 0 Å². The second kappa shape index (κ2) is 13.3. The van der Waals surface area contributed by atoms with Crippen molar-refractivity contribution in [3.8, 4) is 0 Å². The van der Waals surface area contributed by atoms with Crippen LogP contribution in [0.4, 0.5) is 0 Å². The Morgan fingerprint density at radius 2 is 1.08 bits per heavy atom. The second-order valence-corrected chi connectivity index (χ2v) is 10.2. The molecule has 0 amide bonds. The van der Waals surface area contributed by atoms with Gasteiger partial charge < -0.3 is 0 Å². The topological polar surface area (TPSA) is 0 Å². The van der Waals surface area contributed by atoms with Gasteiger partial charge in [0.25, 0.3) is 0 Å². The van der Waals surface area contributed by atoms with E-state index in [0.29, 0.717) is 0 Å². The monoisotopic (exact) mass is 532 g/mol. The predicted octanol–water partition coefficient (Wildman–Crippen LogP) is 6.16. The van der Waals surface area contributed by atoms with Gasteiger partial charge in [-0.3, -0.25) is 0 Å². The van der Waals surface area contributed by atoms with Gasteiger partial charge in [-0.15, -0.1) is 24.8 Å². The van der Waals surface area contributed by atoms with Crippen LogP contribution in [0.5, 0.6) is 0 Å². The van der Waals surface area contributed by atoms with Crippen molar-refractivity contribution >= 4 is 28.1 Å². The van der Waals surface area contributed by atoms with E-state index in [1.807, 2.05) is 0 Å². The largest absolute Gasteiger partial charge is 0.210 e. The van der Waals surface area contributed by atoms with Gasteiger partial charge in [-0.05, 0) is 0 Å². The molecule has 0 N–H and O–H groups in total. The van der Waals surface area contributed by atoms with Gasteiger partial charge in [0.15, 0.2) is 0 Å². The van der Waals surface area contributed by atoms with Gasteiger partial charge in [0, 0.05) is 0 Å². The normalized spacial score (nSPS) is 14.2. The molecular formula is C21H30Cl2Hf. The SMILES string of the molecule is C[C](C)=[Hf+2].Cl.Cl.c1cc2c([cH-]1)CCCC2.c1cc2c([cH-]1)CCCC2. The number of fused-ring (bicyclic) bond motifs is 2. The summed E-state index contributed by atoms with van der Waals surface area (Å²) in [7, 11) is 0. The van der Waals surface area contributed by atoms with Gasteiger partial charge in [0.1, 0.15) is 0 Å². The molecule has 0 bridgehead atoms. The maximum absolute atomic E-state index is 2.26. The van der Waals surface area contributed by atoms with Crippen molar-refractivity contribution in [2.45, 2.75) is 65.2 Å². The van der Waals surface area contributed by atoms with Crippen molar-refractivity contribution in [1.29, 1.82) is 0 Å². The van der Waals surface area contributed by atoms with E-state index in [-0.39, 0.29) is 24.8 Å². The van der Waals surface area contributed by atoms with Gasteiger partial charge in [-0.25, -0.2) is 12.1 Å². The zero-order valence-electron chi connectivity index (χ0n) is 14.9. The predicted molar refractivity (Wildman–Crippen MR) is 108 cm³/mol. The molecule has 2 aliphatic carbocycles. The summed E-state index contributed by atoms with van der Waals surface area (Å²) >= 11 is 1.27. The Balaban J connectivity index is 0.000000341. The van der Waals surface area contributed by atoms with Crippen molar-refractivity contribution in [3.63, 3.8) is 0 Å². The minimum absolute atomic E-state index is 0. The summed E-state index contributed by atoms with van der Waals surface area (Å²) < 4.78 is 1.56. The van der Waals surface area contributed by atoms with Gasteiger partial charge in [0.05, 0.1) is 0 Å². The van der Waals surface area contributed by atoms with E-state index in [1.165, 1.54) is 75.3 Å². The van der Waals surface area contributed by atoms with E-state index in [0.717, 1.165) is 0 Å². The average Bonchev–Trinajstić information content (AvgIpc) is 3.16. The molecule has 0 aliphatic heterocycles. The molecule has 0 nitrogen and oxygen atoms in total. The van der Waals surface area contributed by atoms with E-state index in [4.69, 9.17) is 0 Å². The Bertz CT molecular complexity index is 489. The fourth-order valence-corrected chi connectivity index (χ4v) is 3.23. The Hall–Kier alpha value is 0.0201. The van der Waals surface area contributed by atoms with Crippen LogP contribution in [0.3, 0.4) is 0 Å². The first-order chi connectivity index (χ1) is 10.7. The summed E-state index contributed by atoms with van der Waals surface area (Å²) in [4.78, 5) is 0. The van der Waals surface area contributed by atoms with Crippen molar-refractivity contribution in [1.82, 2.24) is 0 Å². The second-order valence-electron chi connectivity index (χ2n) is 6.57. The van der Waals surface area contributed by atoms with Gasteiger partial charge >= 0.3 is 41.0 Å². The van der Waals surface area contributed by atoms with Gasteiger partial charge in [-0.2, -0.15) is 46.5 Å². The molecule has 2 aromatic rings. The molecule has 0 heterocycles. The molecule has 2 aliphatic rings. The maximum Gasteiger partial charge on any atom is -0.0512 e. The van der Waals surface area contributed by atoms with E-state index >= 15 is 0 Å². The third-order valence-electron chi connectivity index (χ3n) is 4.30. The third kappa shape index (κ3) is 8.41. The summed E-state index contributed by atoms with van der Waals surface area (Å²) in [6, 6.07) is 13.4. The number of aryl methyl sites for hydroxylation is 4. The summed E-state index contributed by atoms with van der Waals surface area (Å²) in [6.07, 6.45) is 10.9. The summed E-state index contributed by atoms with van der Waals surface area (Å²) in [5.74, 6) is 0. The minimum Gasteiger partial charge on any atom is -0.210 e. The quantitative estimate of drug-likeness (QED) is 0.282. The van der Waals surface area contributed by atoms with E-state index < -0.39 is 0 Å². The first-order valence-corrected chi connectivity index (χ1v) is 10.4. The molecule has 0 saturated carbocycles. The minimum atomic E-state index is 0. The molecule has 0 spiro atoms. The van der Waals surface area contributed by atoms with Crippen LogP contribution >= 0.6 is 24.8 Å². The molecule has 0 atom stereocenters. The molecule has 2 aromatic carbocycles. The summed E-state index contributed by atoms with van der Waals surface area (Å²) in [6.45, 7) is 4.29. The Morgan fingerprint density at radius 1 is 0.750 bits per heavy atom. The first-order valence-electron chi connectivity index (χ1n) is 8.65. The molecule has 0 saturated heterocycles. The van der Waals surface area contributed by atoms with Crippen LogP contribution in [0.1, 0.15) is 61.8 Å². The Morgan fingerprint density at radius 3 is 1.42 bits per heavy atom. The van der Waals surface area contributed by atoms with E-state index in [1.54, 1.807) is 25.5 Å². The van der Waals surface area contributed by atoms with Crippen molar-refractivity contribution in [2.75, 3.05) is 0 Å². The average molecular weight is 532 g/mol. The fraction of sp³-hybridized carbons (Fsp3) is 0.476. The standard InChI is InChI=1S/2C9H11.C3H6.2ClH.Hf/c2*1-2-5-9-7-3-6-8(9)4-1;1-3-2;;;/h2*3,6-7H,1-2,4-5H2;1-2H3;2*1H;/q2*-1;;;;+2. The summed E-state index contributed by atoms with van der Waals surface area (Å²) in [5, 5.41) is 0. The van der Waals surface area contributed by atoms with Crippen LogP contribution in [0.25, 0.3) is 0 Å². The van der Waals surface area contributed by atoms with E-state index in [2.05, 4.69) is 50.2 Å². The molecular weight excluding hydrogens is 502 g/mol. The smallest absolute Gasteiger partial charge is 0.0512 e. The maximum atomic E-state index is 2.26. The van der Waals surface area contributed by atoms with Gasteiger partial charge in [-0.1, -0.05) is 51.4 Å². The van der Waals surface area contributed by atoms with Crippen molar-refractivity contribution < 1.29 is 23.9 Å². The molecule has 4 rings (SSSR count). The number of hydrogen-bond donors (Lipinski definition) is 0. The number of hydrogen-bond acceptors (Lipinski definition) is 0. The Labute approximate surface area is 175 Å². The third-order valence-corrected chi connectivity index (χ3v) is 4.30. The molecule has 132 valence electrons. The van der Waals surface area contributed by atoms with Crippen LogP contribution in [-0.4, -0.2) is 3.26 Å². The zero-order chi connectivity index (χ0) is 15.8. The zero-order valence-corrected chi connectivity index (χ0v) is 20.2. The molecule has 0 unspecified atom stereocenters. The molecule has 0 fully saturated rings. The van der Waals surface area contributed by atoms with Gasteiger partial charge in [0.2, 0.25) is 0 Å². The fourth-order valence-electron chi connectivity index (χ4n) is 3.23.